The van der Waals surface area contributed by atoms with E-state index in [1.807, 2.05) is 0 Å². The van der Waals surface area contributed by atoms with Gasteiger partial charge in [-0.1, -0.05) is 0 Å². The molecule has 0 saturated carbocycles. The van der Waals surface area contributed by atoms with Gasteiger partial charge in [-0.15, -0.1) is 0 Å². The maximum Gasteiger partial charge on any atom is 0.360 e. The quantitative estimate of drug-likeness (QED) is 0.737. The lowest BCUT2D eigenvalue weighted by Crippen LogP contribution is -2.29. The van der Waals surface area contributed by atoms with Crippen LogP contribution in [0.4, 0.5) is 5.69 Å². The number of carboxylic acid groups (broad SMARTS) is 1. The molecule has 7 nitrogen and oxygen atoms in total. The molecule has 0 aromatic carbocycles. The molecule has 0 bridgehead atoms. The summed E-state index contributed by atoms with van der Waals surface area (Å²) < 4.78 is 5.83. The summed E-state index contributed by atoms with van der Waals surface area (Å²) >= 11 is 0. The summed E-state index contributed by atoms with van der Waals surface area (Å²) in [5, 5.41) is 12.9. The second kappa shape index (κ2) is 4.44. The van der Waals surface area contributed by atoms with Crippen LogP contribution in [0.5, 0.6) is 0 Å². The molecule has 0 unspecified atom stereocenters. The normalized spacial score (nSPS) is 11.2. The van der Waals surface area contributed by atoms with Gasteiger partial charge in [-0.25, -0.2) is 4.79 Å². The fraction of sp³-hybridized carbons (Fsp3) is 0.500. The van der Waals surface area contributed by atoms with Crippen molar-refractivity contribution >= 4 is 17.6 Å². The summed E-state index contributed by atoms with van der Waals surface area (Å²) in [4.78, 5) is 22.2. The van der Waals surface area contributed by atoms with E-state index in [9.17, 15) is 9.59 Å². The van der Waals surface area contributed by atoms with E-state index in [0.717, 1.165) is 0 Å². The number of esters is 1. The van der Waals surface area contributed by atoms with Crippen molar-refractivity contribution in [2.75, 3.05) is 12.8 Å². The van der Waals surface area contributed by atoms with Gasteiger partial charge < -0.3 is 15.6 Å². The van der Waals surface area contributed by atoms with Crippen LogP contribution in [0.3, 0.4) is 0 Å². The smallest absolute Gasteiger partial charge is 0.360 e. The molecule has 1 heterocycles. The Hall–Kier alpha value is -2.05. The lowest BCUT2D eigenvalue weighted by molar-refractivity contribution is -0.147. The van der Waals surface area contributed by atoms with Gasteiger partial charge in [0, 0.05) is 6.20 Å². The minimum atomic E-state index is -0.994. The summed E-state index contributed by atoms with van der Waals surface area (Å²) in [6.07, 6.45) is 1.41. The summed E-state index contributed by atoms with van der Waals surface area (Å²) in [5.74, 6) is -1.60. The van der Waals surface area contributed by atoms with Crippen LogP contribution in [0.2, 0.25) is 0 Å². The van der Waals surface area contributed by atoms with Crippen molar-refractivity contribution in [2.24, 2.45) is 5.41 Å². The molecule has 3 N–H and O–H groups in total. The lowest BCUT2D eigenvalue weighted by atomic mass is 9.94. The number of nitrogens with two attached hydrogens (primary N) is 1. The zero-order valence-corrected chi connectivity index (χ0v) is 9.93. The molecule has 0 aliphatic heterocycles. The molecule has 0 atom stereocenters. The number of rotatable bonds is 4. The van der Waals surface area contributed by atoms with Gasteiger partial charge in [0.1, 0.15) is 0 Å². The van der Waals surface area contributed by atoms with Crippen LogP contribution in [0.1, 0.15) is 24.3 Å². The van der Waals surface area contributed by atoms with Crippen LogP contribution in [0.15, 0.2) is 6.20 Å². The van der Waals surface area contributed by atoms with Crippen molar-refractivity contribution in [3.63, 3.8) is 0 Å². The van der Waals surface area contributed by atoms with E-state index < -0.39 is 17.4 Å². The predicted molar refractivity (Wildman–Crippen MR) is 59.4 cm³/mol. The topological polar surface area (TPSA) is 107 Å². The van der Waals surface area contributed by atoms with E-state index in [2.05, 4.69) is 9.84 Å². The highest BCUT2D eigenvalue weighted by molar-refractivity contribution is 5.92. The fourth-order valence-electron chi connectivity index (χ4n) is 1.25. The van der Waals surface area contributed by atoms with Gasteiger partial charge in [-0.3, -0.25) is 9.48 Å². The molecule has 0 amide bonds. The number of nitrogen functional groups attached to an aromatic ring is 1. The maximum absolute atomic E-state index is 11.3. The minimum Gasteiger partial charge on any atom is -0.481 e. The van der Waals surface area contributed by atoms with Crippen molar-refractivity contribution in [3.05, 3.63) is 11.9 Å². The van der Waals surface area contributed by atoms with Crippen LogP contribution in [0, 0.1) is 5.41 Å². The first-order valence-electron chi connectivity index (χ1n) is 4.92. The molecule has 0 aliphatic carbocycles. The summed E-state index contributed by atoms with van der Waals surface area (Å²) in [5.41, 5.74) is 4.75. The van der Waals surface area contributed by atoms with E-state index >= 15 is 0 Å². The average Bonchev–Trinajstić information content (AvgIpc) is 2.57. The van der Waals surface area contributed by atoms with E-state index in [1.165, 1.54) is 18.0 Å². The second-order valence-electron chi connectivity index (χ2n) is 4.31. The highest BCUT2D eigenvalue weighted by Gasteiger charge is 2.29. The van der Waals surface area contributed by atoms with Crippen LogP contribution >= 0.6 is 0 Å². The maximum atomic E-state index is 11.3. The third kappa shape index (κ3) is 2.74. The SMILES string of the molecule is COC(=O)c1nn(CC(C)(C)C(=O)O)cc1N. The Labute approximate surface area is 98.2 Å². The summed E-state index contributed by atoms with van der Waals surface area (Å²) in [7, 11) is 1.22. The van der Waals surface area contributed by atoms with Crippen molar-refractivity contribution in [1.29, 1.82) is 0 Å². The number of carboxylic acids is 1. The Kier molecular flexibility index (Phi) is 3.40. The van der Waals surface area contributed by atoms with Crippen LogP contribution in [-0.4, -0.2) is 33.9 Å². The number of methoxy groups -OCH3 is 1. The molecule has 1 aromatic rings. The first kappa shape index (κ1) is 13.0. The number of carbonyl (C=O) groups is 2. The number of nitrogens with zero attached hydrogens (tertiary/aromatic N) is 2. The Morgan fingerprint density at radius 2 is 2.18 bits per heavy atom. The largest absolute Gasteiger partial charge is 0.481 e. The molecule has 0 aliphatic rings. The molecule has 1 aromatic heterocycles. The second-order valence-corrected chi connectivity index (χ2v) is 4.31. The Morgan fingerprint density at radius 3 is 2.65 bits per heavy atom. The van der Waals surface area contributed by atoms with Crippen molar-refractivity contribution in [1.82, 2.24) is 9.78 Å². The van der Waals surface area contributed by atoms with E-state index in [0.29, 0.717) is 0 Å². The predicted octanol–water partition coefficient (Wildman–Crippen LogP) is 0.363. The van der Waals surface area contributed by atoms with Crippen LogP contribution in [0.25, 0.3) is 0 Å². The van der Waals surface area contributed by atoms with Crippen LogP contribution < -0.4 is 5.73 Å². The number of hydrogen-bond donors (Lipinski definition) is 2. The molecule has 0 spiro atoms. The zero-order chi connectivity index (χ0) is 13.2. The van der Waals surface area contributed by atoms with Gasteiger partial charge in [-0.05, 0) is 13.8 Å². The first-order chi connectivity index (χ1) is 7.77. The van der Waals surface area contributed by atoms with Gasteiger partial charge in [0.15, 0.2) is 5.69 Å². The van der Waals surface area contributed by atoms with Gasteiger partial charge in [0.25, 0.3) is 0 Å². The van der Waals surface area contributed by atoms with Crippen LogP contribution in [-0.2, 0) is 16.1 Å². The number of ether oxygens (including phenoxy) is 1. The molecule has 94 valence electrons. The van der Waals surface area contributed by atoms with Gasteiger partial charge in [0.2, 0.25) is 0 Å². The lowest BCUT2D eigenvalue weighted by Gasteiger charge is -2.18. The highest BCUT2D eigenvalue weighted by Crippen LogP contribution is 2.20. The van der Waals surface area contributed by atoms with Crippen molar-refractivity contribution in [2.45, 2.75) is 20.4 Å². The molecular formula is C10H15N3O4. The molecular weight excluding hydrogens is 226 g/mol. The van der Waals surface area contributed by atoms with Gasteiger partial charge in [0.05, 0.1) is 24.8 Å². The number of aliphatic carboxylic acids is 1. The Balaban J connectivity index is 2.95. The number of anilines is 1. The third-order valence-corrected chi connectivity index (χ3v) is 2.30. The Morgan fingerprint density at radius 1 is 1.59 bits per heavy atom. The third-order valence-electron chi connectivity index (χ3n) is 2.30. The number of hydrogen-bond acceptors (Lipinski definition) is 5. The highest BCUT2D eigenvalue weighted by atomic mass is 16.5. The summed E-state index contributed by atoms with van der Waals surface area (Å²) in [6.45, 7) is 3.24. The number of carbonyl (C=O) groups excluding carboxylic acids is 1. The standard InChI is InChI=1S/C10H15N3O4/c1-10(2,9(15)16)5-13-4-6(11)7(12-13)8(14)17-3/h4H,5,11H2,1-3H3,(H,15,16). The Bertz CT molecular complexity index is 450. The molecule has 0 fully saturated rings. The van der Waals surface area contributed by atoms with E-state index in [-0.39, 0.29) is 17.9 Å². The van der Waals surface area contributed by atoms with E-state index in [4.69, 9.17) is 10.8 Å². The van der Waals surface area contributed by atoms with E-state index in [1.54, 1.807) is 13.8 Å². The zero-order valence-electron chi connectivity index (χ0n) is 9.93. The molecule has 17 heavy (non-hydrogen) atoms. The van der Waals surface area contributed by atoms with Crippen molar-refractivity contribution in [3.8, 4) is 0 Å². The molecule has 7 heteroatoms. The average molecular weight is 241 g/mol. The first-order valence-corrected chi connectivity index (χ1v) is 4.92. The van der Waals surface area contributed by atoms with Gasteiger partial charge in [-0.2, -0.15) is 5.10 Å². The number of aromatic nitrogens is 2. The minimum absolute atomic E-state index is 0.00584. The van der Waals surface area contributed by atoms with Crippen molar-refractivity contribution < 1.29 is 19.4 Å². The molecule has 1 rings (SSSR count). The fourth-order valence-corrected chi connectivity index (χ4v) is 1.25. The van der Waals surface area contributed by atoms with Gasteiger partial charge >= 0.3 is 11.9 Å². The molecule has 0 radical (unpaired) electrons. The summed E-state index contributed by atoms with van der Waals surface area (Å²) in [6, 6.07) is 0. The monoisotopic (exact) mass is 241 g/mol. The molecule has 0 saturated heterocycles.